The van der Waals surface area contributed by atoms with E-state index in [1.807, 2.05) is 0 Å². The number of aromatic nitrogens is 2. The first-order valence-corrected chi connectivity index (χ1v) is 13.3. The summed E-state index contributed by atoms with van der Waals surface area (Å²) >= 11 is 0. The zero-order valence-electron chi connectivity index (χ0n) is 19.8. The van der Waals surface area contributed by atoms with Crippen LogP contribution in [-0.4, -0.2) is 60.8 Å². The van der Waals surface area contributed by atoms with Crippen LogP contribution in [0.15, 0.2) is 57.9 Å². The maximum Gasteiger partial charge on any atom is 0.321 e. The van der Waals surface area contributed by atoms with E-state index in [9.17, 15) is 17.6 Å². The zero-order valence-corrected chi connectivity index (χ0v) is 21.4. The number of nitrogens with two attached hydrogens (primary N) is 1. The van der Waals surface area contributed by atoms with Gasteiger partial charge in [0.2, 0.25) is 11.7 Å². The van der Waals surface area contributed by atoms with Crippen LogP contribution in [0.2, 0.25) is 0 Å². The minimum Gasteiger partial charge on any atom is -0.337 e. The lowest BCUT2D eigenvalue weighted by Crippen LogP contribution is -2.48. The Kier molecular flexibility index (Phi) is 9.04. The Bertz CT molecular complexity index is 1290. The lowest BCUT2D eigenvalue weighted by Gasteiger charge is -2.27. The van der Waals surface area contributed by atoms with Gasteiger partial charge in [-0.25, -0.2) is 12.8 Å². The lowest BCUT2D eigenvalue weighted by atomic mass is 10.0. The summed E-state index contributed by atoms with van der Waals surface area (Å²) in [6, 6.07) is 12.1. The number of anilines is 1. The number of rotatable bonds is 9. The Balaban J connectivity index is 0.00000361. The Morgan fingerprint density at radius 1 is 1.25 bits per heavy atom. The number of hydrogen-bond donors (Lipinski definition) is 2. The summed E-state index contributed by atoms with van der Waals surface area (Å²) in [5.41, 5.74) is 7.32. The first kappa shape index (κ1) is 27.6. The highest BCUT2D eigenvalue weighted by molar-refractivity contribution is 7.90. The van der Waals surface area contributed by atoms with Crippen LogP contribution in [0.1, 0.15) is 24.8 Å². The quantitative estimate of drug-likeness (QED) is 0.425. The van der Waals surface area contributed by atoms with Gasteiger partial charge < -0.3 is 20.5 Å². The van der Waals surface area contributed by atoms with Gasteiger partial charge in [-0.2, -0.15) is 4.98 Å². The van der Waals surface area contributed by atoms with Crippen molar-refractivity contribution in [2.24, 2.45) is 5.73 Å². The van der Waals surface area contributed by atoms with Crippen LogP contribution in [-0.2, 0) is 21.1 Å². The van der Waals surface area contributed by atoms with Gasteiger partial charge in [0.05, 0.1) is 10.9 Å². The predicted molar refractivity (Wildman–Crippen MR) is 136 cm³/mol. The highest BCUT2D eigenvalue weighted by atomic mass is 35.5. The van der Waals surface area contributed by atoms with Crippen LogP contribution in [0.4, 0.5) is 10.4 Å². The van der Waals surface area contributed by atoms with Crippen LogP contribution < -0.4 is 11.1 Å². The zero-order chi connectivity index (χ0) is 25.0. The van der Waals surface area contributed by atoms with E-state index in [-0.39, 0.29) is 41.1 Å². The van der Waals surface area contributed by atoms with Crippen LogP contribution in [0, 0.1) is 5.82 Å². The second-order valence-corrected chi connectivity index (χ2v) is 10.7. The summed E-state index contributed by atoms with van der Waals surface area (Å²) in [4.78, 5) is 19.2. The van der Waals surface area contributed by atoms with E-state index in [1.54, 1.807) is 35.2 Å². The molecule has 36 heavy (non-hydrogen) atoms. The summed E-state index contributed by atoms with van der Waals surface area (Å²) < 4.78 is 42.3. The highest BCUT2D eigenvalue weighted by Crippen LogP contribution is 2.22. The molecule has 4 rings (SSSR count). The molecule has 2 atom stereocenters. The second-order valence-electron chi connectivity index (χ2n) is 8.66. The minimum absolute atomic E-state index is 0. The molecule has 2 aromatic carbocycles. The summed E-state index contributed by atoms with van der Waals surface area (Å²) in [5.74, 6) is -0.120. The minimum atomic E-state index is -3.29. The lowest BCUT2D eigenvalue weighted by molar-refractivity contribution is -0.133. The van der Waals surface area contributed by atoms with E-state index in [2.05, 4.69) is 15.5 Å². The third kappa shape index (κ3) is 6.59. The molecule has 2 heterocycles. The molecule has 1 aromatic heterocycles. The second kappa shape index (κ2) is 11.8. The summed E-state index contributed by atoms with van der Waals surface area (Å²) in [6.45, 7) is 1.03. The molecule has 1 saturated heterocycles. The number of hydrogen-bond acceptors (Lipinski definition) is 8. The molecule has 12 heteroatoms. The van der Waals surface area contributed by atoms with Crippen molar-refractivity contribution in [2.45, 2.75) is 42.7 Å². The SMILES string of the molecule is CS(=O)(=O)c1ccc(-c2noc(NC[C@@H]3CCCN3C(=O)C(N)CCc3ccccc3F)n2)cc1.Cl. The molecule has 0 spiro atoms. The van der Waals surface area contributed by atoms with E-state index in [1.165, 1.54) is 18.2 Å². The Morgan fingerprint density at radius 2 is 1.97 bits per heavy atom. The number of nitrogens with one attached hydrogen (secondary N) is 1. The highest BCUT2D eigenvalue weighted by Gasteiger charge is 2.31. The molecule has 0 radical (unpaired) electrons. The molecule has 9 nitrogen and oxygen atoms in total. The third-order valence-electron chi connectivity index (χ3n) is 6.12. The number of halogens is 2. The number of nitrogens with zero attached hydrogens (tertiary/aromatic N) is 3. The fourth-order valence-electron chi connectivity index (χ4n) is 4.16. The van der Waals surface area contributed by atoms with Crippen molar-refractivity contribution < 1.29 is 22.1 Å². The topological polar surface area (TPSA) is 131 Å². The summed E-state index contributed by atoms with van der Waals surface area (Å²) in [5, 5.41) is 7.02. The summed E-state index contributed by atoms with van der Waals surface area (Å²) in [7, 11) is -3.29. The van der Waals surface area contributed by atoms with Gasteiger partial charge in [-0.15, -0.1) is 12.4 Å². The number of likely N-dealkylation sites (tertiary alicyclic amines) is 1. The van der Waals surface area contributed by atoms with E-state index in [4.69, 9.17) is 10.3 Å². The number of carbonyl (C=O) groups is 1. The van der Waals surface area contributed by atoms with Gasteiger partial charge in [-0.1, -0.05) is 23.4 Å². The van der Waals surface area contributed by atoms with Crippen molar-refractivity contribution in [2.75, 3.05) is 24.7 Å². The molecule has 1 amide bonds. The number of aryl methyl sites for hydroxylation is 1. The fraction of sp³-hybridized carbons (Fsp3) is 0.375. The van der Waals surface area contributed by atoms with E-state index in [0.717, 1.165) is 19.1 Å². The molecule has 3 aromatic rings. The number of sulfone groups is 1. The molecular formula is C24H29ClFN5O4S. The molecule has 0 saturated carbocycles. The Morgan fingerprint density at radius 3 is 2.67 bits per heavy atom. The first-order valence-electron chi connectivity index (χ1n) is 11.4. The van der Waals surface area contributed by atoms with Gasteiger partial charge in [-0.3, -0.25) is 4.79 Å². The molecule has 0 bridgehead atoms. The van der Waals surface area contributed by atoms with Crippen molar-refractivity contribution >= 4 is 34.2 Å². The van der Waals surface area contributed by atoms with Crippen LogP contribution in [0.3, 0.4) is 0 Å². The predicted octanol–water partition coefficient (Wildman–Crippen LogP) is 3.06. The van der Waals surface area contributed by atoms with Crippen molar-refractivity contribution in [1.82, 2.24) is 15.0 Å². The van der Waals surface area contributed by atoms with Gasteiger partial charge >= 0.3 is 6.01 Å². The molecule has 1 unspecified atom stereocenters. The van der Waals surface area contributed by atoms with Gasteiger partial charge in [-0.05, 0) is 61.6 Å². The molecule has 194 valence electrons. The molecule has 1 aliphatic rings. The Labute approximate surface area is 215 Å². The summed E-state index contributed by atoms with van der Waals surface area (Å²) in [6.07, 6.45) is 3.58. The van der Waals surface area contributed by atoms with Crippen LogP contribution >= 0.6 is 12.4 Å². The molecular weight excluding hydrogens is 509 g/mol. The van der Waals surface area contributed by atoms with Gasteiger partial charge in [0.15, 0.2) is 9.84 Å². The van der Waals surface area contributed by atoms with Gasteiger partial charge in [0.25, 0.3) is 0 Å². The van der Waals surface area contributed by atoms with E-state index < -0.39 is 15.9 Å². The monoisotopic (exact) mass is 537 g/mol. The molecule has 1 aliphatic heterocycles. The normalized spacial score (nSPS) is 16.4. The maximum atomic E-state index is 13.9. The smallest absolute Gasteiger partial charge is 0.321 e. The van der Waals surface area contributed by atoms with E-state index >= 15 is 0 Å². The van der Waals surface area contributed by atoms with Crippen LogP contribution in [0.5, 0.6) is 0 Å². The largest absolute Gasteiger partial charge is 0.337 e. The average molecular weight is 538 g/mol. The Hall–Kier alpha value is -3.02. The van der Waals surface area contributed by atoms with Gasteiger partial charge in [0, 0.05) is 31.0 Å². The third-order valence-corrected chi connectivity index (χ3v) is 7.24. The van der Waals surface area contributed by atoms with Crippen molar-refractivity contribution in [3.63, 3.8) is 0 Å². The standard InChI is InChI=1S/C24H28FN5O4S.ClH/c1-35(32,33)19-11-8-17(9-12-19)22-28-24(34-29-22)27-15-18-6-4-14-30(18)23(31)21(26)13-10-16-5-2-3-7-20(16)25;/h2-3,5,7-9,11-12,18,21H,4,6,10,13-15,26H2,1H3,(H,27,28,29);1H/t18-,21?;/m0./s1. The van der Waals surface area contributed by atoms with Crippen molar-refractivity contribution in [3.05, 3.63) is 59.9 Å². The molecule has 0 aliphatic carbocycles. The fourth-order valence-corrected chi connectivity index (χ4v) is 4.79. The van der Waals surface area contributed by atoms with Gasteiger partial charge in [0.1, 0.15) is 5.82 Å². The van der Waals surface area contributed by atoms with Crippen LogP contribution in [0.25, 0.3) is 11.4 Å². The average Bonchev–Trinajstić information content (AvgIpc) is 3.51. The number of benzene rings is 2. The van der Waals surface area contributed by atoms with E-state index in [0.29, 0.717) is 42.9 Å². The molecule has 1 fully saturated rings. The maximum absolute atomic E-state index is 13.9. The first-order chi connectivity index (χ1) is 16.7. The van der Waals surface area contributed by atoms with Crippen molar-refractivity contribution in [1.29, 1.82) is 0 Å². The molecule has 3 N–H and O–H groups in total. The van der Waals surface area contributed by atoms with Crippen molar-refractivity contribution in [3.8, 4) is 11.4 Å². The number of amides is 1. The number of carbonyl (C=O) groups excluding carboxylic acids is 1.